The molecule has 6 heteroatoms. The molecule has 0 saturated carbocycles. The van der Waals surface area contributed by atoms with Crippen LogP contribution in [-0.2, 0) is 12.1 Å². The molecule has 0 spiro atoms. The Morgan fingerprint density at radius 3 is 1.73 bits per heavy atom. The number of H-pyrrole nitrogens is 1. The van der Waals surface area contributed by atoms with Crippen molar-refractivity contribution in [3.63, 3.8) is 0 Å². The van der Waals surface area contributed by atoms with Gasteiger partial charge in [-0.3, -0.25) is 15.1 Å². The third-order valence-corrected chi connectivity index (χ3v) is 5.82. The highest BCUT2D eigenvalue weighted by molar-refractivity contribution is 5.49. The quantitative estimate of drug-likeness (QED) is 0.349. The number of nitrogens with one attached hydrogen (secondary N) is 2. The zero-order valence-corrected chi connectivity index (χ0v) is 18.2. The third kappa shape index (κ3) is 5.03. The molecule has 4 rings (SSSR count). The Morgan fingerprint density at radius 1 is 0.788 bits per heavy atom. The standard InChI is InChI=1S/C27H27N3O3/c31-24(16-18-30-19-17-25(32)29-26(30)33)20-28-27(21-10-4-1-5-11-21,22-12-6-2-7-13-22)23-14-8-3-9-15-23/h1-15,17,19,24,28,31H,16,18,20H2,(H,29,32,33). The number of hydrogen-bond donors (Lipinski definition) is 3. The minimum absolute atomic E-state index is 0.299. The predicted molar refractivity (Wildman–Crippen MR) is 129 cm³/mol. The largest absolute Gasteiger partial charge is 0.392 e. The van der Waals surface area contributed by atoms with Crippen molar-refractivity contribution in [2.75, 3.05) is 6.54 Å². The molecule has 1 atom stereocenters. The van der Waals surface area contributed by atoms with Crippen LogP contribution in [0.4, 0.5) is 0 Å². The molecule has 1 unspecified atom stereocenters. The average Bonchev–Trinajstić information content (AvgIpc) is 2.86. The molecule has 0 aliphatic carbocycles. The van der Waals surface area contributed by atoms with Crippen molar-refractivity contribution < 1.29 is 5.11 Å². The molecule has 3 aromatic carbocycles. The smallest absolute Gasteiger partial charge is 0.328 e. The Morgan fingerprint density at radius 2 is 1.27 bits per heavy atom. The van der Waals surface area contributed by atoms with Crippen LogP contribution in [-0.4, -0.2) is 27.3 Å². The normalized spacial score (nSPS) is 12.4. The summed E-state index contributed by atoms with van der Waals surface area (Å²) in [4.78, 5) is 25.4. The van der Waals surface area contributed by atoms with Gasteiger partial charge in [-0.1, -0.05) is 91.0 Å². The van der Waals surface area contributed by atoms with E-state index in [4.69, 9.17) is 0 Å². The Labute approximate surface area is 192 Å². The molecule has 6 nitrogen and oxygen atoms in total. The second kappa shape index (κ2) is 10.3. The number of aromatic nitrogens is 2. The number of aryl methyl sites for hydroxylation is 1. The summed E-state index contributed by atoms with van der Waals surface area (Å²) < 4.78 is 1.39. The molecule has 3 N–H and O–H groups in total. The van der Waals surface area contributed by atoms with E-state index in [-0.39, 0.29) is 0 Å². The minimum Gasteiger partial charge on any atom is -0.392 e. The highest BCUT2D eigenvalue weighted by atomic mass is 16.3. The fraction of sp³-hybridized carbons (Fsp3) is 0.185. The average molecular weight is 442 g/mol. The summed E-state index contributed by atoms with van der Waals surface area (Å²) in [6.07, 6.45) is 1.09. The van der Waals surface area contributed by atoms with Crippen LogP contribution in [0.25, 0.3) is 0 Å². The molecule has 1 heterocycles. The molecule has 33 heavy (non-hydrogen) atoms. The number of hydrogen-bond acceptors (Lipinski definition) is 4. The van der Waals surface area contributed by atoms with E-state index < -0.39 is 22.9 Å². The van der Waals surface area contributed by atoms with Crippen LogP contribution in [0.5, 0.6) is 0 Å². The summed E-state index contributed by atoms with van der Waals surface area (Å²) in [5.74, 6) is 0. The fourth-order valence-electron chi connectivity index (χ4n) is 4.15. The van der Waals surface area contributed by atoms with Crippen LogP contribution < -0.4 is 16.6 Å². The Kier molecular flexibility index (Phi) is 6.98. The Bertz CT molecular complexity index is 1170. The molecule has 0 amide bonds. The lowest BCUT2D eigenvalue weighted by molar-refractivity contribution is 0.147. The van der Waals surface area contributed by atoms with Crippen LogP contribution in [0.2, 0.25) is 0 Å². The lowest BCUT2D eigenvalue weighted by Gasteiger charge is -2.38. The SMILES string of the molecule is O=c1ccn(CCC(O)CNC(c2ccccc2)(c2ccccc2)c2ccccc2)c(=O)[nH]1. The van der Waals surface area contributed by atoms with Crippen molar-refractivity contribution in [2.24, 2.45) is 0 Å². The first-order valence-corrected chi connectivity index (χ1v) is 11.0. The zero-order valence-electron chi connectivity index (χ0n) is 18.2. The maximum atomic E-state index is 11.9. The first-order chi connectivity index (χ1) is 16.1. The Hall–Kier alpha value is -3.74. The van der Waals surface area contributed by atoms with Gasteiger partial charge in [-0.15, -0.1) is 0 Å². The highest BCUT2D eigenvalue weighted by Gasteiger charge is 2.36. The number of aliphatic hydroxyl groups is 1. The summed E-state index contributed by atoms with van der Waals surface area (Å²) in [5, 5.41) is 14.5. The highest BCUT2D eigenvalue weighted by Crippen LogP contribution is 2.36. The van der Waals surface area contributed by atoms with Gasteiger partial charge in [-0.05, 0) is 23.1 Å². The number of rotatable bonds is 9. The van der Waals surface area contributed by atoms with E-state index in [2.05, 4.69) is 46.7 Å². The van der Waals surface area contributed by atoms with E-state index in [1.54, 1.807) is 0 Å². The van der Waals surface area contributed by atoms with E-state index in [0.29, 0.717) is 19.5 Å². The maximum Gasteiger partial charge on any atom is 0.328 e. The van der Waals surface area contributed by atoms with Crippen molar-refractivity contribution in [1.82, 2.24) is 14.9 Å². The van der Waals surface area contributed by atoms with E-state index in [1.807, 2.05) is 54.6 Å². The third-order valence-electron chi connectivity index (χ3n) is 5.82. The number of aromatic amines is 1. The van der Waals surface area contributed by atoms with E-state index in [0.717, 1.165) is 16.7 Å². The van der Waals surface area contributed by atoms with Crippen molar-refractivity contribution in [1.29, 1.82) is 0 Å². The molecule has 0 bridgehead atoms. The van der Waals surface area contributed by atoms with Crippen LogP contribution >= 0.6 is 0 Å². The van der Waals surface area contributed by atoms with Crippen molar-refractivity contribution in [3.05, 3.63) is 141 Å². The van der Waals surface area contributed by atoms with E-state index >= 15 is 0 Å². The van der Waals surface area contributed by atoms with Gasteiger partial charge < -0.3 is 9.67 Å². The van der Waals surface area contributed by atoms with Crippen LogP contribution in [0.15, 0.2) is 113 Å². The molecular weight excluding hydrogens is 414 g/mol. The lowest BCUT2D eigenvalue weighted by atomic mass is 9.77. The predicted octanol–water partition coefficient (Wildman–Crippen LogP) is 2.87. The number of nitrogens with zero attached hydrogens (tertiary/aromatic N) is 1. The first-order valence-electron chi connectivity index (χ1n) is 11.0. The minimum atomic E-state index is -0.709. The van der Waals surface area contributed by atoms with Crippen molar-refractivity contribution >= 4 is 0 Å². The van der Waals surface area contributed by atoms with Gasteiger partial charge in [0.1, 0.15) is 0 Å². The molecule has 0 aliphatic rings. The first kappa shape index (κ1) is 22.5. The number of benzene rings is 3. The summed E-state index contributed by atoms with van der Waals surface area (Å²) >= 11 is 0. The molecule has 0 fully saturated rings. The summed E-state index contributed by atoms with van der Waals surface area (Å²) in [6.45, 7) is 0.601. The van der Waals surface area contributed by atoms with Crippen molar-refractivity contribution in [3.8, 4) is 0 Å². The molecule has 1 aromatic heterocycles. The maximum absolute atomic E-state index is 11.9. The molecular formula is C27H27N3O3. The van der Waals surface area contributed by atoms with Crippen LogP contribution in [0.3, 0.4) is 0 Å². The van der Waals surface area contributed by atoms with E-state index in [9.17, 15) is 14.7 Å². The van der Waals surface area contributed by atoms with Gasteiger partial charge in [0.15, 0.2) is 0 Å². The van der Waals surface area contributed by atoms with Gasteiger partial charge in [0.25, 0.3) is 5.56 Å². The van der Waals surface area contributed by atoms with Crippen molar-refractivity contribution in [2.45, 2.75) is 24.6 Å². The molecule has 0 aliphatic heterocycles. The Balaban J connectivity index is 1.64. The fourth-order valence-corrected chi connectivity index (χ4v) is 4.15. The monoisotopic (exact) mass is 441 g/mol. The molecule has 4 aromatic rings. The lowest BCUT2D eigenvalue weighted by Crippen LogP contribution is -2.47. The summed E-state index contributed by atoms with van der Waals surface area (Å²) in [5.41, 5.74) is 1.61. The van der Waals surface area contributed by atoms with E-state index in [1.165, 1.54) is 16.8 Å². The van der Waals surface area contributed by atoms with Gasteiger partial charge in [0.05, 0.1) is 11.6 Å². The second-order valence-electron chi connectivity index (χ2n) is 7.98. The van der Waals surface area contributed by atoms with Crippen LogP contribution in [0.1, 0.15) is 23.1 Å². The van der Waals surface area contributed by atoms with Gasteiger partial charge in [0, 0.05) is 25.4 Å². The van der Waals surface area contributed by atoms with Gasteiger partial charge in [-0.25, -0.2) is 4.79 Å². The van der Waals surface area contributed by atoms with Crippen LogP contribution in [0, 0.1) is 0 Å². The molecule has 168 valence electrons. The van der Waals surface area contributed by atoms with Gasteiger partial charge >= 0.3 is 5.69 Å². The van der Waals surface area contributed by atoms with Gasteiger partial charge in [0.2, 0.25) is 0 Å². The summed E-state index contributed by atoms with van der Waals surface area (Å²) in [6, 6.07) is 31.8. The molecule has 0 saturated heterocycles. The van der Waals surface area contributed by atoms with Gasteiger partial charge in [-0.2, -0.15) is 0 Å². The summed E-state index contributed by atoms with van der Waals surface area (Å²) in [7, 11) is 0. The topological polar surface area (TPSA) is 87.1 Å². The number of aliphatic hydroxyl groups excluding tert-OH is 1. The second-order valence-corrected chi connectivity index (χ2v) is 7.98. The molecule has 0 radical (unpaired) electrons. The zero-order chi connectivity index (χ0) is 23.1.